The third-order valence-corrected chi connectivity index (χ3v) is 4.98. The van der Waals surface area contributed by atoms with E-state index < -0.39 is 0 Å². The molecule has 0 radical (unpaired) electrons. The lowest BCUT2D eigenvalue weighted by Crippen LogP contribution is -2.42. The van der Waals surface area contributed by atoms with E-state index in [9.17, 15) is 9.90 Å². The van der Waals surface area contributed by atoms with Crippen LogP contribution in [0, 0.1) is 0 Å². The molecule has 4 heterocycles. The summed E-state index contributed by atoms with van der Waals surface area (Å²) in [4.78, 5) is 21.7. The number of piperidine rings is 1. The molecule has 2 saturated heterocycles. The fourth-order valence-electron chi connectivity index (χ4n) is 3.67. The van der Waals surface area contributed by atoms with Crippen LogP contribution < -0.4 is 0 Å². The van der Waals surface area contributed by atoms with E-state index in [-0.39, 0.29) is 12.0 Å². The molecule has 1 amide bonds. The number of pyridine rings is 1. The number of hydrogen-bond donors (Lipinski definition) is 1. The van der Waals surface area contributed by atoms with E-state index >= 15 is 0 Å². The van der Waals surface area contributed by atoms with E-state index in [0.717, 1.165) is 30.7 Å². The van der Waals surface area contributed by atoms with Gasteiger partial charge in [-0.25, -0.2) is 4.98 Å². The first kappa shape index (κ1) is 16.5. The van der Waals surface area contributed by atoms with Crippen LogP contribution in [0.3, 0.4) is 0 Å². The van der Waals surface area contributed by atoms with Crippen LogP contribution in [0.4, 0.5) is 0 Å². The van der Waals surface area contributed by atoms with E-state index in [1.54, 1.807) is 0 Å². The number of imidazole rings is 1. The highest BCUT2D eigenvalue weighted by Gasteiger charge is 2.27. The van der Waals surface area contributed by atoms with Gasteiger partial charge in [-0.05, 0) is 31.5 Å². The number of carbonyl (C=O) groups is 1. The monoisotopic (exact) mass is 344 g/mol. The van der Waals surface area contributed by atoms with Crippen LogP contribution in [0.1, 0.15) is 29.0 Å². The van der Waals surface area contributed by atoms with Gasteiger partial charge in [0.1, 0.15) is 5.65 Å². The Balaban J connectivity index is 1.66. The molecular weight excluding hydrogens is 320 g/mol. The van der Waals surface area contributed by atoms with Gasteiger partial charge in [0, 0.05) is 32.4 Å². The lowest BCUT2D eigenvalue weighted by Gasteiger charge is -2.30. The van der Waals surface area contributed by atoms with Crippen molar-refractivity contribution < 1.29 is 14.6 Å². The highest BCUT2D eigenvalue weighted by atomic mass is 16.5. The molecule has 25 heavy (non-hydrogen) atoms. The number of β-amino-alcohol motifs (C(OH)–C–C–N with tert-alkyl or cyclic N) is 1. The zero-order valence-corrected chi connectivity index (χ0v) is 14.3. The van der Waals surface area contributed by atoms with Crippen molar-refractivity contribution in [3.8, 4) is 0 Å². The maximum absolute atomic E-state index is 13.0. The van der Waals surface area contributed by atoms with Crippen LogP contribution in [0.5, 0.6) is 0 Å². The largest absolute Gasteiger partial charge is 0.392 e. The molecule has 0 spiro atoms. The third kappa shape index (κ3) is 3.40. The molecule has 2 fully saturated rings. The van der Waals surface area contributed by atoms with Crippen LogP contribution in [0.2, 0.25) is 0 Å². The Labute approximate surface area is 146 Å². The number of amides is 1. The second-order valence-corrected chi connectivity index (χ2v) is 6.77. The van der Waals surface area contributed by atoms with Crippen molar-refractivity contribution in [3.63, 3.8) is 0 Å². The second-order valence-electron chi connectivity index (χ2n) is 6.77. The second kappa shape index (κ2) is 7.11. The minimum absolute atomic E-state index is 0.0282. The quantitative estimate of drug-likeness (QED) is 0.890. The number of morpholine rings is 1. The SMILES string of the molecule is O=C(c1nc2ccccn2c1CN1CCC[C@@H](O)C1)N1CCOCC1. The first-order chi connectivity index (χ1) is 12.2. The number of aliphatic hydroxyl groups is 1. The molecule has 7 heteroatoms. The Hall–Kier alpha value is -1.96. The number of ether oxygens (including phenoxy) is 1. The summed E-state index contributed by atoms with van der Waals surface area (Å²) in [5.41, 5.74) is 2.21. The average molecular weight is 344 g/mol. The molecule has 1 atom stereocenters. The molecular formula is C18H24N4O3. The number of fused-ring (bicyclic) bond motifs is 1. The Morgan fingerprint density at radius 3 is 2.92 bits per heavy atom. The lowest BCUT2D eigenvalue weighted by molar-refractivity contribution is 0.0296. The fraction of sp³-hybridized carbons (Fsp3) is 0.556. The predicted octanol–water partition coefficient (Wildman–Crippen LogP) is 0.763. The van der Waals surface area contributed by atoms with Crippen LogP contribution in [-0.2, 0) is 11.3 Å². The van der Waals surface area contributed by atoms with Crippen molar-refractivity contribution in [1.82, 2.24) is 19.2 Å². The van der Waals surface area contributed by atoms with Gasteiger partial charge >= 0.3 is 0 Å². The topological polar surface area (TPSA) is 70.3 Å². The van der Waals surface area contributed by atoms with Crippen molar-refractivity contribution in [2.75, 3.05) is 39.4 Å². The summed E-state index contributed by atoms with van der Waals surface area (Å²) < 4.78 is 7.35. The third-order valence-electron chi connectivity index (χ3n) is 4.98. The van der Waals surface area contributed by atoms with E-state index in [1.165, 1.54) is 0 Å². The maximum Gasteiger partial charge on any atom is 0.274 e. The highest BCUT2D eigenvalue weighted by molar-refractivity contribution is 5.94. The smallest absolute Gasteiger partial charge is 0.274 e. The van der Waals surface area contributed by atoms with Crippen molar-refractivity contribution in [2.24, 2.45) is 0 Å². The van der Waals surface area contributed by atoms with Gasteiger partial charge in [-0.1, -0.05) is 6.07 Å². The molecule has 0 aromatic carbocycles. The summed E-state index contributed by atoms with van der Waals surface area (Å²) in [6.45, 7) is 4.56. The van der Waals surface area contributed by atoms with Gasteiger partial charge < -0.3 is 19.1 Å². The summed E-state index contributed by atoms with van der Waals surface area (Å²) in [6.07, 6.45) is 3.49. The van der Waals surface area contributed by atoms with Crippen LogP contribution in [-0.4, -0.2) is 75.7 Å². The molecule has 0 unspecified atom stereocenters. The van der Waals surface area contributed by atoms with E-state index in [4.69, 9.17) is 4.74 Å². The van der Waals surface area contributed by atoms with Gasteiger partial charge in [-0.2, -0.15) is 0 Å². The molecule has 2 aromatic rings. The Morgan fingerprint density at radius 1 is 1.28 bits per heavy atom. The van der Waals surface area contributed by atoms with Crippen LogP contribution >= 0.6 is 0 Å². The average Bonchev–Trinajstić information content (AvgIpc) is 3.00. The Kier molecular flexibility index (Phi) is 4.70. The fourth-order valence-corrected chi connectivity index (χ4v) is 3.67. The molecule has 0 bridgehead atoms. The zero-order chi connectivity index (χ0) is 17.2. The number of nitrogens with zero attached hydrogens (tertiary/aromatic N) is 4. The molecule has 0 aliphatic carbocycles. The summed E-state index contributed by atoms with van der Waals surface area (Å²) in [5, 5.41) is 9.95. The van der Waals surface area contributed by atoms with Crippen molar-refractivity contribution in [3.05, 3.63) is 35.8 Å². The van der Waals surface area contributed by atoms with E-state index in [1.807, 2.05) is 33.7 Å². The Morgan fingerprint density at radius 2 is 2.12 bits per heavy atom. The first-order valence-corrected chi connectivity index (χ1v) is 8.96. The van der Waals surface area contributed by atoms with Crippen LogP contribution in [0.15, 0.2) is 24.4 Å². The van der Waals surface area contributed by atoms with E-state index in [2.05, 4.69) is 9.88 Å². The van der Waals surface area contributed by atoms with Gasteiger partial charge in [0.25, 0.3) is 5.91 Å². The normalized spacial score (nSPS) is 22.4. The van der Waals surface area contributed by atoms with Gasteiger partial charge in [0.2, 0.25) is 0 Å². The number of aromatic nitrogens is 2. The van der Waals surface area contributed by atoms with Gasteiger partial charge in [-0.3, -0.25) is 9.69 Å². The summed E-state index contributed by atoms with van der Waals surface area (Å²) in [5.74, 6) is -0.0282. The van der Waals surface area contributed by atoms with E-state index in [0.29, 0.717) is 45.1 Å². The minimum atomic E-state index is -0.286. The van der Waals surface area contributed by atoms with Crippen LogP contribution in [0.25, 0.3) is 5.65 Å². The molecule has 2 aromatic heterocycles. The number of rotatable bonds is 3. The van der Waals surface area contributed by atoms with Gasteiger partial charge in [-0.15, -0.1) is 0 Å². The minimum Gasteiger partial charge on any atom is -0.392 e. The summed E-state index contributed by atoms with van der Waals surface area (Å²) >= 11 is 0. The number of likely N-dealkylation sites (tertiary alicyclic amines) is 1. The van der Waals surface area contributed by atoms with Crippen molar-refractivity contribution >= 4 is 11.6 Å². The highest BCUT2D eigenvalue weighted by Crippen LogP contribution is 2.20. The number of hydrogen-bond acceptors (Lipinski definition) is 5. The van der Waals surface area contributed by atoms with Gasteiger partial charge in [0.05, 0.1) is 25.0 Å². The first-order valence-electron chi connectivity index (χ1n) is 8.96. The molecule has 7 nitrogen and oxygen atoms in total. The van der Waals surface area contributed by atoms with Gasteiger partial charge in [0.15, 0.2) is 5.69 Å². The van der Waals surface area contributed by atoms with Crippen molar-refractivity contribution in [2.45, 2.75) is 25.5 Å². The molecule has 0 saturated carbocycles. The van der Waals surface area contributed by atoms with Crippen molar-refractivity contribution in [1.29, 1.82) is 0 Å². The standard InChI is InChI=1S/C18H24N4O3/c23-14-4-3-6-20(12-14)13-15-17(18(24)21-8-10-25-11-9-21)19-16-5-1-2-7-22(15)16/h1-2,5,7,14,23H,3-4,6,8-13H2/t14-/m1/s1. The predicted molar refractivity (Wildman–Crippen MR) is 92.4 cm³/mol. The maximum atomic E-state index is 13.0. The number of carbonyl (C=O) groups excluding carboxylic acids is 1. The molecule has 2 aliphatic rings. The lowest BCUT2D eigenvalue weighted by atomic mass is 10.1. The summed E-state index contributed by atoms with van der Waals surface area (Å²) in [7, 11) is 0. The molecule has 4 rings (SSSR count). The molecule has 134 valence electrons. The number of aliphatic hydroxyl groups excluding tert-OH is 1. The molecule has 1 N–H and O–H groups in total. The molecule has 2 aliphatic heterocycles. The Bertz CT molecular complexity index is 754. The zero-order valence-electron chi connectivity index (χ0n) is 14.3. The summed E-state index contributed by atoms with van der Waals surface area (Å²) in [6, 6.07) is 5.80.